The number of methoxy groups -OCH3 is 1. The summed E-state index contributed by atoms with van der Waals surface area (Å²) in [6, 6.07) is 16.6. The fourth-order valence-corrected chi connectivity index (χ4v) is 3.58. The lowest BCUT2D eigenvalue weighted by Gasteiger charge is -2.13. The van der Waals surface area contributed by atoms with E-state index in [4.69, 9.17) is 9.15 Å². The highest BCUT2D eigenvalue weighted by Gasteiger charge is 2.21. The lowest BCUT2D eigenvalue weighted by molar-refractivity contribution is -0.402. The first-order valence-corrected chi connectivity index (χ1v) is 9.49. The second-order valence-corrected chi connectivity index (χ2v) is 7.00. The van der Waals surface area contributed by atoms with E-state index in [9.17, 15) is 14.9 Å². The molecule has 0 aliphatic rings. The van der Waals surface area contributed by atoms with Gasteiger partial charge in [0.2, 0.25) is 5.13 Å². The van der Waals surface area contributed by atoms with E-state index < -0.39 is 16.7 Å². The van der Waals surface area contributed by atoms with Crippen molar-refractivity contribution in [1.82, 2.24) is 4.98 Å². The Labute approximate surface area is 174 Å². The summed E-state index contributed by atoms with van der Waals surface area (Å²) in [6.07, 6.45) is 1.24. The third-order valence-corrected chi connectivity index (χ3v) is 5.07. The Bertz CT molecular complexity index is 1250. The molecule has 0 fully saturated rings. The van der Waals surface area contributed by atoms with Crippen molar-refractivity contribution in [2.24, 2.45) is 5.10 Å². The van der Waals surface area contributed by atoms with Gasteiger partial charge in [0.05, 0.1) is 29.6 Å². The molecule has 2 aromatic heterocycles. The number of nitro groups is 1. The number of hydrazone groups is 1. The van der Waals surface area contributed by atoms with Crippen molar-refractivity contribution in [2.75, 3.05) is 12.1 Å². The average Bonchev–Trinajstić information content (AvgIpc) is 3.41. The van der Waals surface area contributed by atoms with E-state index in [1.807, 2.05) is 6.07 Å². The summed E-state index contributed by atoms with van der Waals surface area (Å²) in [5.41, 5.74) is 1.10. The number of carbonyl (C=O) groups is 1. The van der Waals surface area contributed by atoms with Crippen molar-refractivity contribution < 1.29 is 18.9 Å². The molecule has 1 amide bonds. The zero-order chi connectivity index (χ0) is 21.1. The Balaban J connectivity index is 1.74. The molecule has 0 radical (unpaired) electrons. The Morgan fingerprint density at radius 1 is 1.23 bits per heavy atom. The highest BCUT2D eigenvalue weighted by Crippen LogP contribution is 2.32. The summed E-state index contributed by atoms with van der Waals surface area (Å²) in [5.74, 6) is -0.0104. The van der Waals surface area contributed by atoms with Gasteiger partial charge in [-0.1, -0.05) is 29.5 Å². The molecule has 0 aliphatic heterocycles. The number of aromatic nitrogens is 1. The van der Waals surface area contributed by atoms with E-state index in [1.165, 1.54) is 29.7 Å². The smallest absolute Gasteiger partial charge is 0.433 e. The first-order chi connectivity index (χ1) is 14.5. The normalized spacial score (nSPS) is 11.1. The van der Waals surface area contributed by atoms with Crippen LogP contribution in [0.3, 0.4) is 0 Å². The molecule has 0 N–H and O–H groups in total. The largest absolute Gasteiger partial charge is 0.497 e. The summed E-state index contributed by atoms with van der Waals surface area (Å²) in [6.45, 7) is 0. The summed E-state index contributed by atoms with van der Waals surface area (Å²) >= 11 is 1.26. The van der Waals surface area contributed by atoms with Crippen LogP contribution in [0, 0.1) is 10.1 Å². The molecular formula is C20H14N4O5S. The molecule has 0 saturated heterocycles. The van der Waals surface area contributed by atoms with Crippen LogP contribution >= 0.6 is 11.3 Å². The molecule has 30 heavy (non-hydrogen) atoms. The molecule has 0 bridgehead atoms. The van der Waals surface area contributed by atoms with Gasteiger partial charge in [-0.15, -0.1) is 0 Å². The average molecular weight is 422 g/mol. The molecule has 2 aromatic carbocycles. The third kappa shape index (κ3) is 3.89. The minimum absolute atomic E-state index is 0.135. The zero-order valence-electron chi connectivity index (χ0n) is 15.6. The SMILES string of the molecule is COc1ccc2nc(N(/N=C\c3ccc([N+](=O)[O-])o3)C(=O)c3ccccc3)sc2c1. The van der Waals surface area contributed by atoms with Crippen molar-refractivity contribution in [2.45, 2.75) is 0 Å². The number of hydrogen-bond donors (Lipinski definition) is 0. The maximum atomic E-state index is 13.1. The fraction of sp³-hybridized carbons (Fsp3) is 0.0500. The molecule has 4 rings (SSSR count). The van der Waals surface area contributed by atoms with Gasteiger partial charge in [0.15, 0.2) is 5.76 Å². The van der Waals surface area contributed by atoms with Crippen molar-refractivity contribution in [3.05, 3.63) is 82.1 Å². The lowest BCUT2D eigenvalue weighted by atomic mass is 10.2. The van der Waals surface area contributed by atoms with Gasteiger partial charge in [-0.25, -0.2) is 4.98 Å². The highest BCUT2D eigenvalue weighted by molar-refractivity contribution is 7.22. The number of nitrogens with zero attached hydrogens (tertiary/aromatic N) is 4. The van der Waals surface area contributed by atoms with Crippen LogP contribution in [-0.4, -0.2) is 29.1 Å². The zero-order valence-corrected chi connectivity index (χ0v) is 16.4. The number of furan rings is 1. The standard InChI is InChI=1S/C20H14N4O5S/c1-28-14-7-9-16-17(11-14)30-20(22-16)23(19(25)13-5-3-2-4-6-13)21-12-15-8-10-18(29-15)24(26)27/h2-12H,1H3/b21-12-. The number of benzene rings is 2. The number of fused-ring (bicyclic) bond motifs is 1. The number of hydrogen-bond acceptors (Lipinski definition) is 8. The van der Waals surface area contributed by atoms with Gasteiger partial charge in [-0.3, -0.25) is 14.9 Å². The third-order valence-electron chi connectivity index (χ3n) is 4.07. The molecule has 0 atom stereocenters. The number of rotatable bonds is 6. The molecule has 9 nitrogen and oxygen atoms in total. The van der Waals surface area contributed by atoms with Crippen LogP contribution < -0.4 is 9.75 Å². The predicted octanol–water partition coefficient (Wildman–Crippen LogP) is 4.49. The summed E-state index contributed by atoms with van der Waals surface area (Å²) in [5, 5.41) is 16.5. The Morgan fingerprint density at radius 2 is 2.03 bits per heavy atom. The number of amides is 1. The van der Waals surface area contributed by atoms with Crippen LogP contribution in [-0.2, 0) is 0 Å². The van der Waals surface area contributed by atoms with Crippen LogP contribution in [0.2, 0.25) is 0 Å². The van der Waals surface area contributed by atoms with Gasteiger partial charge < -0.3 is 9.15 Å². The number of thiazole rings is 1. The molecule has 150 valence electrons. The molecule has 0 aliphatic carbocycles. The monoisotopic (exact) mass is 422 g/mol. The summed E-state index contributed by atoms with van der Waals surface area (Å²) < 4.78 is 11.1. The van der Waals surface area contributed by atoms with Gasteiger partial charge in [0, 0.05) is 5.56 Å². The summed E-state index contributed by atoms with van der Waals surface area (Å²) in [7, 11) is 1.57. The second kappa shape index (κ2) is 8.13. The van der Waals surface area contributed by atoms with Crippen LogP contribution in [0.1, 0.15) is 16.1 Å². The lowest BCUT2D eigenvalue weighted by Crippen LogP contribution is -2.25. The second-order valence-electron chi connectivity index (χ2n) is 5.99. The molecular weight excluding hydrogens is 408 g/mol. The van der Waals surface area contributed by atoms with Crippen LogP contribution in [0.25, 0.3) is 10.2 Å². The molecule has 0 spiro atoms. The molecule has 0 unspecified atom stereocenters. The van der Waals surface area contributed by atoms with Crippen molar-refractivity contribution >= 4 is 44.7 Å². The summed E-state index contributed by atoms with van der Waals surface area (Å²) in [4.78, 5) is 27.7. The van der Waals surface area contributed by atoms with Gasteiger partial charge in [0.1, 0.15) is 10.7 Å². The van der Waals surface area contributed by atoms with Gasteiger partial charge in [-0.05, 0) is 36.4 Å². The maximum absolute atomic E-state index is 13.1. The number of carbonyl (C=O) groups excluding carboxylic acids is 1. The topological polar surface area (TPSA) is 111 Å². The van der Waals surface area contributed by atoms with E-state index >= 15 is 0 Å². The van der Waals surface area contributed by atoms with Crippen LogP contribution in [0.4, 0.5) is 11.0 Å². The minimum Gasteiger partial charge on any atom is -0.497 e. The van der Waals surface area contributed by atoms with E-state index in [0.29, 0.717) is 22.0 Å². The highest BCUT2D eigenvalue weighted by atomic mass is 32.1. The Morgan fingerprint density at radius 3 is 2.73 bits per heavy atom. The number of ether oxygens (including phenoxy) is 1. The van der Waals surface area contributed by atoms with E-state index in [0.717, 1.165) is 9.71 Å². The van der Waals surface area contributed by atoms with E-state index in [2.05, 4.69) is 10.1 Å². The van der Waals surface area contributed by atoms with E-state index in [-0.39, 0.29) is 5.76 Å². The number of anilines is 1. The predicted molar refractivity (Wildman–Crippen MR) is 112 cm³/mol. The first-order valence-electron chi connectivity index (χ1n) is 8.67. The minimum atomic E-state index is -0.648. The van der Waals surface area contributed by atoms with E-state index in [1.54, 1.807) is 49.6 Å². The molecule has 0 saturated carbocycles. The Kier molecular flexibility index (Phi) is 5.22. The van der Waals surface area contributed by atoms with Crippen molar-refractivity contribution in [1.29, 1.82) is 0 Å². The Hall–Kier alpha value is -4.05. The quantitative estimate of drug-likeness (QED) is 0.257. The molecule has 10 heteroatoms. The van der Waals surface area contributed by atoms with Crippen molar-refractivity contribution in [3.63, 3.8) is 0 Å². The molecule has 2 heterocycles. The van der Waals surface area contributed by atoms with Gasteiger partial charge in [-0.2, -0.15) is 10.1 Å². The fourth-order valence-electron chi connectivity index (χ4n) is 2.63. The van der Waals surface area contributed by atoms with Crippen LogP contribution in [0.15, 0.2) is 70.2 Å². The molecule has 4 aromatic rings. The maximum Gasteiger partial charge on any atom is 0.433 e. The van der Waals surface area contributed by atoms with Crippen LogP contribution in [0.5, 0.6) is 5.75 Å². The van der Waals surface area contributed by atoms with Gasteiger partial charge in [0.25, 0.3) is 5.91 Å². The first kappa shape index (κ1) is 19.3. The van der Waals surface area contributed by atoms with Gasteiger partial charge >= 0.3 is 5.88 Å². The van der Waals surface area contributed by atoms with Crippen molar-refractivity contribution in [3.8, 4) is 5.75 Å².